The second-order valence-corrected chi connectivity index (χ2v) is 7.29. The first-order valence-corrected chi connectivity index (χ1v) is 10.0. The number of amides is 4. The normalized spacial score (nSPS) is 18.1. The Balaban J connectivity index is 2.95. The second-order valence-electron chi connectivity index (χ2n) is 7.29. The van der Waals surface area contributed by atoms with Crippen LogP contribution >= 0.6 is 0 Å². The Morgan fingerprint density at radius 3 is 2.41 bits per heavy atom. The summed E-state index contributed by atoms with van der Waals surface area (Å²) in [6.07, 6.45) is 1.56. The molecular formula is C19H32N4O6. The summed E-state index contributed by atoms with van der Waals surface area (Å²) in [6, 6.07) is -2.77. The van der Waals surface area contributed by atoms with E-state index in [1.807, 2.05) is 6.92 Å². The summed E-state index contributed by atoms with van der Waals surface area (Å²) in [5.41, 5.74) is 5.65. The van der Waals surface area contributed by atoms with E-state index in [4.69, 9.17) is 10.8 Å². The number of nitrogens with two attached hydrogens (primary N) is 1. The van der Waals surface area contributed by atoms with E-state index >= 15 is 0 Å². The molecule has 164 valence electrons. The van der Waals surface area contributed by atoms with Gasteiger partial charge in [0.05, 0.1) is 6.04 Å². The topological polar surface area (TPSA) is 150 Å². The van der Waals surface area contributed by atoms with Gasteiger partial charge in [-0.1, -0.05) is 6.92 Å². The number of aliphatic carboxylic acids is 1. The predicted octanol–water partition coefficient (Wildman–Crippen LogP) is -0.151. The molecule has 0 unspecified atom stereocenters. The molecule has 29 heavy (non-hydrogen) atoms. The zero-order valence-electron chi connectivity index (χ0n) is 17.3. The molecule has 10 nitrogen and oxygen atoms in total. The van der Waals surface area contributed by atoms with Crippen molar-refractivity contribution >= 4 is 29.6 Å². The van der Waals surface area contributed by atoms with Crippen LogP contribution in [0.25, 0.3) is 0 Å². The molecule has 0 saturated carbocycles. The number of hydrogen-bond donors (Lipinski definition) is 3. The molecule has 4 N–H and O–H groups in total. The van der Waals surface area contributed by atoms with Crippen molar-refractivity contribution < 1.29 is 29.1 Å². The summed E-state index contributed by atoms with van der Waals surface area (Å²) >= 11 is 0. The molecule has 1 saturated heterocycles. The van der Waals surface area contributed by atoms with Gasteiger partial charge < -0.3 is 21.1 Å². The van der Waals surface area contributed by atoms with Crippen LogP contribution in [-0.2, 0) is 24.0 Å². The summed E-state index contributed by atoms with van der Waals surface area (Å²) in [5.74, 6) is -3.16. The maximum atomic E-state index is 13.1. The predicted molar refractivity (Wildman–Crippen MR) is 104 cm³/mol. The van der Waals surface area contributed by atoms with Crippen molar-refractivity contribution in [2.75, 3.05) is 13.1 Å². The smallest absolute Gasteiger partial charge is 0.303 e. The average Bonchev–Trinajstić information content (AvgIpc) is 3.14. The summed E-state index contributed by atoms with van der Waals surface area (Å²) in [5, 5.41) is 11.5. The largest absolute Gasteiger partial charge is 0.481 e. The number of nitrogens with zero attached hydrogens (tertiary/aromatic N) is 2. The summed E-state index contributed by atoms with van der Waals surface area (Å²) in [7, 11) is 0. The third kappa shape index (κ3) is 6.81. The maximum Gasteiger partial charge on any atom is 0.303 e. The number of carbonyl (C=O) groups excluding carboxylic acids is 4. The van der Waals surface area contributed by atoms with E-state index in [9.17, 15) is 24.0 Å². The van der Waals surface area contributed by atoms with Gasteiger partial charge in [-0.05, 0) is 39.5 Å². The van der Waals surface area contributed by atoms with E-state index in [2.05, 4.69) is 5.32 Å². The number of likely N-dealkylation sites (tertiary alicyclic amines) is 1. The molecule has 0 spiro atoms. The standard InChI is InChI=1S/C19H32N4O6/c1-4-10-21-17(27)14-7-6-11-22(14)19(29)13(3)23(18(28)12(2)20)15(24)8-5-9-16(25)26/h12-14H,4-11,20H2,1-3H3,(H,21,27)(H,25,26)/t12-,13-,14-/m0/s1. The molecule has 3 atom stereocenters. The van der Waals surface area contributed by atoms with Gasteiger partial charge in [0.25, 0.3) is 0 Å². The molecule has 1 aliphatic rings. The van der Waals surface area contributed by atoms with E-state index in [1.165, 1.54) is 18.7 Å². The Bertz CT molecular complexity index is 636. The van der Waals surface area contributed by atoms with E-state index in [0.29, 0.717) is 25.9 Å². The summed E-state index contributed by atoms with van der Waals surface area (Å²) < 4.78 is 0. The summed E-state index contributed by atoms with van der Waals surface area (Å²) in [6.45, 7) is 5.63. The van der Waals surface area contributed by atoms with Crippen LogP contribution in [0.15, 0.2) is 0 Å². The Hall–Kier alpha value is -2.49. The van der Waals surface area contributed by atoms with Crippen LogP contribution in [0.1, 0.15) is 59.3 Å². The number of hydrogen-bond acceptors (Lipinski definition) is 6. The first-order chi connectivity index (χ1) is 13.6. The van der Waals surface area contributed by atoms with Gasteiger partial charge >= 0.3 is 5.97 Å². The highest BCUT2D eigenvalue weighted by molar-refractivity contribution is 6.02. The minimum atomic E-state index is -1.13. The fraction of sp³-hybridized carbons (Fsp3) is 0.737. The molecule has 0 bridgehead atoms. The fourth-order valence-electron chi connectivity index (χ4n) is 3.28. The van der Waals surface area contributed by atoms with Crippen molar-refractivity contribution in [1.82, 2.24) is 15.1 Å². The first-order valence-electron chi connectivity index (χ1n) is 10.0. The van der Waals surface area contributed by atoms with Crippen LogP contribution in [0.2, 0.25) is 0 Å². The molecule has 1 aliphatic heterocycles. The van der Waals surface area contributed by atoms with Crippen LogP contribution in [0.4, 0.5) is 0 Å². The summed E-state index contributed by atoms with van der Waals surface area (Å²) in [4.78, 5) is 63.4. The van der Waals surface area contributed by atoms with E-state index in [0.717, 1.165) is 11.3 Å². The molecule has 0 aliphatic carbocycles. The van der Waals surface area contributed by atoms with Crippen molar-refractivity contribution in [3.8, 4) is 0 Å². The van der Waals surface area contributed by atoms with Gasteiger partial charge in [0.15, 0.2) is 0 Å². The van der Waals surface area contributed by atoms with E-state index < -0.39 is 41.8 Å². The first kappa shape index (κ1) is 24.5. The average molecular weight is 412 g/mol. The maximum absolute atomic E-state index is 13.1. The lowest BCUT2D eigenvalue weighted by Crippen LogP contribution is -2.57. The highest BCUT2D eigenvalue weighted by Gasteiger charge is 2.40. The van der Waals surface area contributed by atoms with Crippen molar-refractivity contribution in [2.45, 2.75) is 77.4 Å². The Kier molecular flexibility index (Phi) is 9.73. The second kappa shape index (κ2) is 11.5. The van der Waals surface area contributed by atoms with Crippen LogP contribution in [0.3, 0.4) is 0 Å². The molecule has 4 amide bonds. The lowest BCUT2D eigenvalue weighted by atomic mass is 10.1. The molecule has 0 aromatic rings. The molecule has 0 radical (unpaired) electrons. The van der Waals surface area contributed by atoms with Crippen LogP contribution in [0.5, 0.6) is 0 Å². The number of nitrogens with one attached hydrogen (secondary N) is 1. The van der Waals surface area contributed by atoms with Crippen LogP contribution < -0.4 is 11.1 Å². The van der Waals surface area contributed by atoms with Gasteiger partial charge in [0.1, 0.15) is 12.1 Å². The third-order valence-electron chi connectivity index (χ3n) is 4.81. The molecule has 1 rings (SSSR count). The molecule has 0 aromatic heterocycles. The van der Waals surface area contributed by atoms with Gasteiger partial charge in [0.2, 0.25) is 23.6 Å². The van der Waals surface area contributed by atoms with Crippen LogP contribution in [-0.4, -0.2) is 75.7 Å². The molecule has 0 aromatic carbocycles. The molecule has 10 heteroatoms. The number of rotatable bonds is 10. The Labute approximate surface area is 170 Å². The lowest BCUT2D eigenvalue weighted by Gasteiger charge is -2.33. The van der Waals surface area contributed by atoms with Gasteiger partial charge in [-0.2, -0.15) is 0 Å². The number of carbonyl (C=O) groups is 5. The fourth-order valence-corrected chi connectivity index (χ4v) is 3.28. The van der Waals surface area contributed by atoms with Crippen LogP contribution in [0, 0.1) is 0 Å². The van der Waals surface area contributed by atoms with Gasteiger partial charge in [-0.25, -0.2) is 0 Å². The highest BCUT2D eigenvalue weighted by atomic mass is 16.4. The van der Waals surface area contributed by atoms with Crippen molar-refractivity contribution in [3.63, 3.8) is 0 Å². The van der Waals surface area contributed by atoms with E-state index in [1.54, 1.807) is 0 Å². The van der Waals surface area contributed by atoms with Crippen molar-refractivity contribution in [2.24, 2.45) is 5.73 Å². The minimum absolute atomic E-state index is 0.0452. The SMILES string of the molecule is CCCNC(=O)[C@@H]1CCCN1C(=O)[C@H](C)N(C(=O)CCCC(=O)O)C(=O)[C@H](C)N. The minimum Gasteiger partial charge on any atom is -0.481 e. The number of imide groups is 1. The zero-order chi connectivity index (χ0) is 22.1. The lowest BCUT2D eigenvalue weighted by molar-refractivity contribution is -0.156. The monoisotopic (exact) mass is 412 g/mol. The van der Waals surface area contributed by atoms with Crippen molar-refractivity contribution in [1.29, 1.82) is 0 Å². The number of carboxylic acid groups (broad SMARTS) is 1. The molecule has 1 heterocycles. The highest BCUT2D eigenvalue weighted by Crippen LogP contribution is 2.21. The Morgan fingerprint density at radius 1 is 1.21 bits per heavy atom. The van der Waals surface area contributed by atoms with E-state index in [-0.39, 0.29) is 25.2 Å². The van der Waals surface area contributed by atoms with Gasteiger partial charge in [0, 0.05) is 25.9 Å². The molecule has 1 fully saturated rings. The quantitative estimate of drug-likeness (QED) is 0.451. The number of carboxylic acids is 1. The van der Waals surface area contributed by atoms with Gasteiger partial charge in [-0.15, -0.1) is 0 Å². The Morgan fingerprint density at radius 2 is 1.86 bits per heavy atom. The van der Waals surface area contributed by atoms with Gasteiger partial charge in [-0.3, -0.25) is 28.9 Å². The third-order valence-corrected chi connectivity index (χ3v) is 4.81. The molecular weight excluding hydrogens is 380 g/mol. The van der Waals surface area contributed by atoms with Crippen molar-refractivity contribution in [3.05, 3.63) is 0 Å². The zero-order valence-corrected chi connectivity index (χ0v) is 17.3.